The summed E-state index contributed by atoms with van der Waals surface area (Å²) in [4.78, 5) is 19.0. The average Bonchev–Trinajstić information content (AvgIpc) is 3.50. The zero-order valence-electron chi connectivity index (χ0n) is 24.5. The number of pyridine rings is 1. The number of benzene rings is 2. The Morgan fingerprint density at radius 1 is 1.09 bits per heavy atom. The van der Waals surface area contributed by atoms with Crippen molar-refractivity contribution in [3.8, 4) is 17.3 Å². The number of hydrogen-bond acceptors (Lipinski definition) is 7. The van der Waals surface area contributed by atoms with Crippen LogP contribution in [0.15, 0.2) is 30.3 Å². The second-order valence-electron chi connectivity index (χ2n) is 12.9. The number of piperazine rings is 1. The summed E-state index contributed by atoms with van der Waals surface area (Å²) in [6.07, 6.45) is 2.02. The highest BCUT2D eigenvalue weighted by Gasteiger charge is 2.49. The van der Waals surface area contributed by atoms with Crippen LogP contribution in [0.1, 0.15) is 37.4 Å². The molecule has 8 rings (SSSR count). The van der Waals surface area contributed by atoms with Crippen LogP contribution in [0.5, 0.6) is 6.01 Å². The van der Waals surface area contributed by atoms with Gasteiger partial charge in [-0.05, 0) is 61.1 Å². The number of nitrogens with zero attached hydrogens (tertiary/aromatic N) is 5. The molecule has 0 aliphatic carbocycles. The monoisotopic (exact) mass is 588 g/mol. The Morgan fingerprint density at radius 3 is 2.86 bits per heavy atom. The first-order valence-corrected chi connectivity index (χ1v) is 15.4. The van der Waals surface area contributed by atoms with Crippen LogP contribution in [0.3, 0.4) is 0 Å². The van der Waals surface area contributed by atoms with Gasteiger partial charge in [-0.3, -0.25) is 4.90 Å². The first kappa shape index (κ1) is 27.1. The molecule has 0 amide bonds. The van der Waals surface area contributed by atoms with Gasteiger partial charge in [-0.15, -0.1) is 0 Å². The fraction of sp³-hybridized carbons (Fsp3) is 0.485. The lowest BCUT2D eigenvalue weighted by molar-refractivity contribution is 0.107. The smallest absolute Gasteiger partial charge is 0.319 e. The third-order valence-electron chi connectivity index (χ3n) is 10.3. The van der Waals surface area contributed by atoms with Crippen molar-refractivity contribution in [2.75, 3.05) is 44.2 Å². The molecule has 2 aromatic carbocycles. The number of rotatable bonds is 4. The predicted octanol–water partition coefficient (Wildman–Crippen LogP) is 5.36. The van der Waals surface area contributed by atoms with Gasteiger partial charge in [0.2, 0.25) is 0 Å². The highest BCUT2D eigenvalue weighted by molar-refractivity contribution is 6.01. The summed E-state index contributed by atoms with van der Waals surface area (Å²) < 4.78 is 52.4. The molecule has 4 aliphatic rings. The standard InChI is InChI=1S/C33H35F3N6O/c1-18-13-24-27-30(28(36)29(38-24)22-6-3-5-20-7-8-23(35)19(2)26(20)22)39-32(40-31(27)42-12-10-37-15-25(18)42)43-17-33-9-4-11-41(33)16-21(34)14-33/h3,5-8,18,21,25,37H,4,9-17H2,1-2H3/t18-,21+,25-,33-/m0/s1. The summed E-state index contributed by atoms with van der Waals surface area (Å²) in [5.41, 5.74) is 1.65. The summed E-state index contributed by atoms with van der Waals surface area (Å²) in [6, 6.07) is 8.93. The predicted molar refractivity (Wildman–Crippen MR) is 160 cm³/mol. The molecule has 2 aromatic heterocycles. The molecule has 224 valence electrons. The fourth-order valence-corrected chi connectivity index (χ4v) is 8.12. The van der Waals surface area contributed by atoms with Gasteiger partial charge in [0, 0.05) is 44.2 Å². The van der Waals surface area contributed by atoms with Crippen molar-refractivity contribution in [1.82, 2.24) is 25.2 Å². The maximum atomic E-state index is 16.9. The van der Waals surface area contributed by atoms with Gasteiger partial charge in [-0.2, -0.15) is 9.97 Å². The van der Waals surface area contributed by atoms with Crippen molar-refractivity contribution >= 4 is 27.5 Å². The zero-order chi connectivity index (χ0) is 29.5. The second-order valence-corrected chi connectivity index (χ2v) is 12.9. The molecule has 6 heterocycles. The van der Waals surface area contributed by atoms with E-state index < -0.39 is 12.0 Å². The number of alkyl halides is 1. The van der Waals surface area contributed by atoms with Crippen LogP contribution in [0.4, 0.5) is 19.0 Å². The van der Waals surface area contributed by atoms with E-state index in [1.54, 1.807) is 19.1 Å². The van der Waals surface area contributed by atoms with Crippen molar-refractivity contribution in [3.05, 3.63) is 53.2 Å². The highest BCUT2D eigenvalue weighted by atomic mass is 19.1. The Labute approximate surface area is 248 Å². The molecule has 0 unspecified atom stereocenters. The molecule has 1 N–H and O–H groups in total. The van der Waals surface area contributed by atoms with E-state index in [2.05, 4.69) is 22.0 Å². The molecular formula is C33H35F3N6O. The molecule has 10 heteroatoms. The summed E-state index contributed by atoms with van der Waals surface area (Å²) in [5, 5.41) is 5.56. The molecular weight excluding hydrogens is 553 g/mol. The van der Waals surface area contributed by atoms with Gasteiger partial charge in [0.1, 0.15) is 35.6 Å². The molecule has 4 atom stereocenters. The van der Waals surface area contributed by atoms with Gasteiger partial charge in [-0.25, -0.2) is 18.2 Å². The number of fused-ring (bicyclic) bond motifs is 4. The van der Waals surface area contributed by atoms with E-state index in [9.17, 15) is 8.78 Å². The summed E-state index contributed by atoms with van der Waals surface area (Å²) in [6.45, 7) is 7.72. The van der Waals surface area contributed by atoms with E-state index in [4.69, 9.17) is 19.7 Å². The van der Waals surface area contributed by atoms with Crippen LogP contribution in [0.2, 0.25) is 0 Å². The number of nitrogens with one attached hydrogen (secondary N) is 1. The molecule has 0 radical (unpaired) electrons. The molecule has 0 bridgehead atoms. The van der Waals surface area contributed by atoms with E-state index >= 15 is 4.39 Å². The summed E-state index contributed by atoms with van der Waals surface area (Å²) in [7, 11) is 0. The molecule has 43 heavy (non-hydrogen) atoms. The number of aromatic nitrogens is 3. The van der Waals surface area contributed by atoms with Crippen molar-refractivity contribution in [2.24, 2.45) is 5.92 Å². The maximum Gasteiger partial charge on any atom is 0.319 e. The van der Waals surface area contributed by atoms with Crippen LogP contribution in [0.25, 0.3) is 32.9 Å². The van der Waals surface area contributed by atoms with Crippen LogP contribution < -0.4 is 15.0 Å². The van der Waals surface area contributed by atoms with E-state index in [0.717, 1.165) is 43.6 Å². The number of halogens is 3. The third-order valence-corrected chi connectivity index (χ3v) is 10.3. The minimum Gasteiger partial charge on any atom is -0.461 e. The van der Waals surface area contributed by atoms with Crippen molar-refractivity contribution < 1.29 is 17.9 Å². The first-order valence-electron chi connectivity index (χ1n) is 15.4. The fourth-order valence-electron chi connectivity index (χ4n) is 8.12. The Morgan fingerprint density at radius 2 is 1.98 bits per heavy atom. The Kier molecular flexibility index (Phi) is 6.31. The Balaban J connectivity index is 1.32. The number of anilines is 1. The highest BCUT2D eigenvalue weighted by Crippen LogP contribution is 2.43. The quantitative estimate of drug-likeness (QED) is 0.345. The Hall–Kier alpha value is -3.50. The van der Waals surface area contributed by atoms with Gasteiger partial charge >= 0.3 is 6.01 Å². The van der Waals surface area contributed by atoms with Crippen LogP contribution in [0, 0.1) is 24.5 Å². The lowest BCUT2D eigenvalue weighted by atomic mass is 9.94. The Bertz CT molecular complexity index is 1770. The van der Waals surface area contributed by atoms with Crippen molar-refractivity contribution in [1.29, 1.82) is 0 Å². The molecule has 3 saturated heterocycles. The van der Waals surface area contributed by atoms with E-state index in [1.165, 1.54) is 6.07 Å². The number of aryl methyl sites for hydroxylation is 1. The topological polar surface area (TPSA) is 66.4 Å². The molecule has 0 spiro atoms. The summed E-state index contributed by atoms with van der Waals surface area (Å²) in [5.74, 6) is -0.0761. The van der Waals surface area contributed by atoms with Crippen LogP contribution in [-0.4, -0.2) is 76.9 Å². The van der Waals surface area contributed by atoms with Crippen molar-refractivity contribution in [2.45, 2.75) is 57.3 Å². The van der Waals surface area contributed by atoms with E-state index in [0.29, 0.717) is 53.6 Å². The first-order chi connectivity index (χ1) is 20.8. The van der Waals surface area contributed by atoms with Crippen molar-refractivity contribution in [3.63, 3.8) is 0 Å². The van der Waals surface area contributed by atoms with E-state index in [-0.39, 0.29) is 47.1 Å². The third kappa shape index (κ3) is 4.20. The molecule has 4 aliphatic heterocycles. The van der Waals surface area contributed by atoms with Gasteiger partial charge in [0.15, 0.2) is 5.82 Å². The largest absolute Gasteiger partial charge is 0.461 e. The van der Waals surface area contributed by atoms with Gasteiger partial charge < -0.3 is 15.0 Å². The minimum absolute atomic E-state index is 0.0972. The normalized spacial score (nSPS) is 27.0. The molecule has 7 nitrogen and oxygen atoms in total. The maximum absolute atomic E-state index is 16.9. The minimum atomic E-state index is -0.878. The summed E-state index contributed by atoms with van der Waals surface area (Å²) >= 11 is 0. The van der Waals surface area contributed by atoms with Crippen LogP contribution in [-0.2, 0) is 6.42 Å². The number of ether oxygens (including phenoxy) is 1. The van der Waals surface area contributed by atoms with Gasteiger partial charge in [0.25, 0.3) is 0 Å². The SMILES string of the molecule is Cc1c(F)ccc2cccc(-c3nc4c5c(nc(OC[C@@]67CCCN6C[C@H](F)C7)nc5c3F)N3CCNC[C@H]3[C@@H](C)C4)c12. The molecule has 3 fully saturated rings. The number of hydrogen-bond donors (Lipinski definition) is 1. The van der Waals surface area contributed by atoms with Gasteiger partial charge in [-0.1, -0.05) is 31.2 Å². The molecule has 0 saturated carbocycles. The zero-order valence-corrected chi connectivity index (χ0v) is 24.5. The molecule has 4 aromatic rings. The second kappa shape index (κ2) is 10.0. The van der Waals surface area contributed by atoms with E-state index in [1.807, 2.05) is 12.1 Å². The average molecular weight is 589 g/mol. The lowest BCUT2D eigenvalue weighted by Crippen LogP contribution is -2.54. The van der Waals surface area contributed by atoms with Crippen LogP contribution >= 0.6 is 0 Å². The van der Waals surface area contributed by atoms with Gasteiger partial charge in [0.05, 0.1) is 16.6 Å². The lowest BCUT2D eigenvalue weighted by Gasteiger charge is -2.39.